The van der Waals surface area contributed by atoms with Gasteiger partial charge in [-0.05, 0) is 63.0 Å². The molecule has 0 spiro atoms. The number of rotatable bonds is 36. The first kappa shape index (κ1) is 44.3. The molecule has 0 saturated heterocycles. The minimum Gasteiger partial charge on any atom is -0.493 e. The molecule has 0 atom stereocenters. The summed E-state index contributed by atoms with van der Waals surface area (Å²) in [5.41, 5.74) is 2.34. The number of carbonyl (C=O) groups is 1. The van der Waals surface area contributed by atoms with Gasteiger partial charge in [-0.3, -0.25) is 4.79 Å². The Kier molecular flexibility index (Phi) is 32.3. The lowest BCUT2D eigenvalue weighted by atomic mass is 10.0. The highest BCUT2D eigenvalue weighted by Gasteiger charge is 2.10. The molecule has 0 N–H and O–H groups in total. The summed E-state index contributed by atoms with van der Waals surface area (Å²) in [5, 5.41) is 0. The summed E-state index contributed by atoms with van der Waals surface area (Å²) in [5.74, 6) is 0.811. The molecular weight excluding hydrogens is 588 g/mol. The van der Waals surface area contributed by atoms with Crippen LogP contribution < -0.4 is 4.74 Å². The van der Waals surface area contributed by atoms with Gasteiger partial charge >= 0.3 is 5.97 Å². The first-order valence-electron chi connectivity index (χ1n) is 21.3. The first-order valence-corrected chi connectivity index (χ1v) is 21.3. The predicted octanol–water partition coefficient (Wildman–Crippen LogP) is 15.0. The largest absolute Gasteiger partial charge is 0.493 e. The van der Waals surface area contributed by atoms with Crippen LogP contribution in [-0.4, -0.2) is 12.6 Å². The van der Waals surface area contributed by atoms with E-state index in [-0.39, 0.29) is 5.97 Å². The van der Waals surface area contributed by atoms with Gasteiger partial charge in [-0.25, -0.2) is 0 Å². The highest BCUT2D eigenvalue weighted by molar-refractivity contribution is 5.69. The van der Waals surface area contributed by atoms with Crippen molar-refractivity contribution in [2.45, 2.75) is 226 Å². The van der Waals surface area contributed by atoms with Gasteiger partial charge in [-0.1, -0.05) is 186 Å². The van der Waals surface area contributed by atoms with E-state index < -0.39 is 0 Å². The van der Waals surface area contributed by atoms with Crippen molar-refractivity contribution in [2.75, 3.05) is 6.61 Å². The standard InChI is InChI=1S/C45H80O3/c1-4-7-10-12-14-16-18-20-21-22-24-26-28-30-32-34-39-47-44-40-42(37-38-43(44)41-48-45(46)36-9-6-3)35-33-31-29-27-25-23-19-17-15-13-11-8-5-2/h20-21,37-38,40H,4-19,22-36,39,41H2,1-3H3/b21-20-. The van der Waals surface area contributed by atoms with Crippen LogP contribution in [-0.2, 0) is 22.6 Å². The molecule has 48 heavy (non-hydrogen) atoms. The fourth-order valence-electron chi connectivity index (χ4n) is 6.44. The number of hydrogen-bond acceptors (Lipinski definition) is 3. The van der Waals surface area contributed by atoms with Crippen molar-refractivity contribution in [3.05, 3.63) is 41.5 Å². The fraction of sp³-hybridized carbons (Fsp3) is 0.800. The van der Waals surface area contributed by atoms with Crippen molar-refractivity contribution in [1.29, 1.82) is 0 Å². The van der Waals surface area contributed by atoms with Crippen LogP contribution in [0.15, 0.2) is 30.4 Å². The van der Waals surface area contributed by atoms with E-state index in [2.05, 4.69) is 51.1 Å². The van der Waals surface area contributed by atoms with Crippen molar-refractivity contribution in [3.8, 4) is 5.75 Å². The Morgan fingerprint density at radius 1 is 0.542 bits per heavy atom. The maximum atomic E-state index is 12.2. The van der Waals surface area contributed by atoms with Crippen molar-refractivity contribution >= 4 is 5.97 Å². The smallest absolute Gasteiger partial charge is 0.306 e. The van der Waals surface area contributed by atoms with E-state index in [1.807, 2.05) is 0 Å². The predicted molar refractivity (Wildman–Crippen MR) is 210 cm³/mol. The summed E-state index contributed by atoms with van der Waals surface area (Å²) >= 11 is 0. The van der Waals surface area contributed by atoms with E-state index in [0.29, 0.717) is 13.0 Å². The Morgan fingerprint density at radius 3 is 1.52 bits per heavy atom. The highest BCUT2D eigenvalue weighted by atomic mass is 16.5. The summed E-state index contributed by atoms with van der Waals surface area (Å²) in [6.45, 7) is 7.72. The molecule has 0 amide bonds. The number of hydrogen-bond donors (Lipinski definition) is 0. The lowest BCUT2D eigenvalue weighted by molar-refractivity contribution is -0.145. The molecule has 0 fully saturated rings. The number of allylic oxidation sites excluding steroid dienone is 2. The lowest BCUT2D eigenvalue weighted by Gasteiger charge is -2.14. The molecule has 0 heterocycles. The molecule has 0 saturated carbocycles. The Balaban J connectivity index is 2.27. The zero-order valence-electron chi connectivity index (χ0n) is 32.4. The normalized spacial score (nSPS) is 11.5. The zero-order chi connectivity index (χ0) is 34.6. The number of ether oxygens (including phenoxy) is 2. The number of aryl methyl sites for hydroxylation is 1. The minimum atomic E-state index is -0.104. The summed E-state index contributed by atoms with van der Waals surface area (Å²) in [6.07, 6.45) is 44.6. The van der Waals surface area contributed by atoms with Gasteiger partial charge < -0.3 is 9.47 Å². The second-order valence-corrected chi connectivity index (χ2v) is 14.5. The molecule has 3 nitrogen and oxygen atoms in total. The number of carbonyl (C=O) groups excluding carboxylic acids is 1. The van der Waals surface area contributed by atoms with Gasteiger partial charge in [0.1, 0.15) is 12.4 Å². The van der Waals surface area contributed by atoms with Crippen LogP contribution in [0.1, 0.15) is 225 Å². The molecular formula is C45H80O3. The van der Waals surface area contributed by atoms with Crippen LogP contribution in [0.2, 0.25) is 0 Å². The molecule has 0 bridgehead atoms. The van der Waals surface area contributed by atoms with Gasteiger partial charge in [0, 0.05) is 12.0 Å². The SMILES string of the molecule is CCCCCCCC/C=C\CCCCCCCCOc1cc(CCCCCCCCCCCCCCC)ccc1COC(=O)CCCC. The third-order valence-electron chi connectivity index (χ3n) is 9.74. The van der Waals surface area contributed by atoms with Crippen LogP contribution in [0.5, 0.6) is 5.75 Å². The Labute approximate surface area is 299 Å². The second kappa shape index (κ2) is 35.1. The van der Waals surface area contributed by atoms with E-state index >= 15 is 0 Å². The molecule has 0 aliphatic rings. The van der Waals surface area contributed by atoms with Crippen LogP contribution in [0.4, 0.5) is 0 Å². The van der Waals surface area contributed by atoms with Crippen molar-refractivity contribution in [1.82, 2.24) is 0 Å². The first-order chi connectivity index (χ1) is 23.7. The molecule has 0 aliphatic carbocycles. The van der Waals surface area contributed by atoms with Gasteiger partial charge in [0.15, 0.2) is 0 Å². The van der Waals surface area contributed by atoms with Crippen LogP contribution in [0.25, 0.3) is 0 Å². The molecule has 0 aliphatic heterocycles. The summed E-state index contributed by atoms with van der Waals surface area (Å²) in [4.78, 5) is 12.2. The molecule has 1 aromatic carbocycles. The number of esters is 1. The highest BCUT2D eigenvalue weighted by Crippen LogP contribution is 2.24. The van der Waals surface area contributed by atoms with E-state index in [1.165, 1.54) is 173 Å². The van der Waals surface area contributed by atoms with Gasteiger partial charge in [0.05, 0.1) is 6.61 Å². The lowest BCUT2D eigenvalue weighted by Crippen LogP contribution is -2.07. The average molecular weight is 669 g/mol. The third kappa shape index (κ3) is 28.1. The topological polar surface area (TPSA) is 35.5 Å². The second-order valence-electron chi connectivity index (χ2n) is 14.5. The van der Waals surface area contributed by atoms with E-state index in [1.54, 1.807) is 0 Å². The van der Waals surface area contributed by atoms with Crippen LogP contribution >= 0.6 is 0 Å². The van der Waals surface area contributed by atoms with E-state index in [4.69, 9.17) is 9.47 Å². The Hall–Kier alpha value is -1.77. The quantitative estimate of drug-likeness (QED) is 0.0405. The van der Waals surface area contributed by atoms with Gasteiger partial charge in [-0.15, -0.1) is 0 Å². The van der Waals surface area contributed by atoms with E-state index in [0.717, 1.165) is 43.6 Å². The average Bonchev–Trinajstić information content (AvgIpc) is 3.10. The Bertz CT molecular complexity index is 860. The summed E-state index contributed by atoms with van der Waals surface area (Å²) in [7, 11) is 0. The van der Waals surface area contributed by atoms with E-state index in [9.17, 15) is 4.79 Å². The van der Waals surface area contributed by atoms with Crippen molar-refractivity contribution < 1.29 is 14.3 Å². The summed E-state index contributed by atoms with van der Waals surface area (Å²) < 4.78 is 11.9. The molecule has 1 rings (SSSR count). The molecule has 1 aromatic rings. The monoisotopic (exact) mass is 669 g/mol. The molecule has 0 radical (unpaired) electrons. The Morgan fingerprint density at radius 2 is 1.00 bits per heavy atom. The van der Waals surface area contributed by atoms with Crippen molar-refractivity contribution in [2.24, 2.45) is 0 Å². The molecule has 0 unspecified atom stereocenters. The number of benzene rings is 1. The van der Waals surface area contributed by atoms with Gasteiger partial charge in [-0.2, -0.15) is 0 Å². The fourth-order valence-corrected chi connectivity index (χ4v) is 6.44. The zero-order valence-corrected chi connectivity index (χ0v) is 32.4. The molecule has 3 heteroatoms. The van der Waals surface area contributed by atoms with Crippen molar-refractivity contribution in [3.63, 3.8) is 0 Å². The maximum absolute atomic E-state index is 12.2. The van der Waals surface area contributed by atoms with Gasteiger partial charge in [0.25, 0.3) is 0 Å². The van der Waals surface area contributed by atoms with Crippen LogP contribution in [0.3, 0.4) is 0 Å². The number of unbranched alkanes of at least 4 members (excludes halogenated alkanes) is 25. The van der Waals surface area contributed by atoms with Gasteiger partial charge in [0.2, 0.25) is 0 Å². The maximum Gasteiger partial charge on any atom is 0.306 e. The minimum absolute atomic E-state index is 0.104. The summed E-state index contributed by atoms with van der Waals surface area (Å²) in [6, 6.07) is 6.56. The molecule has 0 aromatic heterocycles. The molecule has 278 valence electrons. The van der Waals surface area contributed by atoms with Crippen LogP contribution in [0, 0.1) is 0 Å². The third-order valence-corrected chi connectivity index (χ3v) is 9.74.